The maximum atomic E-state index is 3.03. The van der Waals surface area contributed by atoms with Crippen LogP contribution in [0.3, 0.4) is 0 Å². The van der Waals surface area contributed by atoms with E-state index in [1.807, 2.05) is 0 Å². The van der Waals surface area contributed by atoms with Crippen LogP contribution < -0.4 is 0 Å². The second kappa shape index (κ2) is 6.43. The zero-order valence-electron chi connectivity index (χ0n) is 14.4. The van der Waals surface area contributed by atoms with Gasteiger partial charge in [-0.2, -0.15) is 0 Å². The first-order chi connectivity index (χ1) is 12.0. The lowest BCUT2D eigenvalue weighted by Gasteiger charge is -2.27. The van der Waals surface area contributed by atoms with Crippen molar-refractivity contribution in [3.8, 4) is 11.1 Å². The van der Waals surface area contributed by atoms with Gasteiger partial charge < -0.3 is 0 Å². The first-order valence-electron chi connectivity index (χ1n) is 8.45. The first kappa shape index (κ1) is 17.1. The fourth-order valence-electron chi connectivity index (χ4n) is 3.76. The molecule has 0 bridgehead atoms. The van der Waals surface area contributed by atoms with Gasteiger partial charge in [-0.25, -0.2) is 0 Å². The predicted octanol–water partition coefficient (Wildman–Crippen LogP) is 6.67. The van der Waals surface area contributed by atoms with Crippen molar-refractivity contribution in [2.45, 2.75) is 18.1 Å². The van der Waals surface area contributed by atoms with E-state index in [4.69, 9.17) is 0 Å². The Bertz CT molecular complexity index is 1080. The number of halogens is 1. The Kier molecular flexibility index (Phi) is 4.40. The van der Waals surface area contributed by atoms with Gasteiger partial charge in [0.15, 0.2) is 0 Å². The quantitative estimate of drug-likeness (QED) is 0.183. The third-order valence-electron chi connectivity index (χ3n) is 4.69. The van der Waals surface area contributed by atoms with Crippen LogP contribution in [-0.4, -0.2) is 16.3 Å². The fourth-order valence-corrected chi connectivity index (χ4v) is 4.56. The molecule has 0 fully saturated rings. The molecule has 4 aromatic carbocycles. The topological polar surface area (TPSA) is 0 Å². The minimum Gasteiger partial charge on any atom is -0.0776 e. The maximum absolute atomic E-state index is 3.03. The van der Waals surface area contributed by atoms with Crippen LogP contribution in [0.2, 0.25) is 0 Å². The normalized spacial score (nSPS) is 12.0. The Balaban J connectivity index is 2.30. The summed E-state index contributed by atoms with van der Waals surface area (Å²) in [4.78, 5) is 0. The maximum Gasteiger partial charge on any atom is 0.136 e. The summed E-state index contributed by atoms with van der Waals surface area (Å²) in [5.41, 5.74) is 4.01. The zero-order valence-corrected chi connectivity index (χ0v) is 17.7. The number of benzene rings is 4. The lowest BCUT2D eigenvalue weighted by atomic mass is 9.84. The van der Waals surface area contributed by atoms with Crippen molar-refractivity contribution in [2.75, 3.05) is 0 Å². The van der Waals surface area contributed by atoms with Crippen LogP contribution in [0.1, 0.15) is 19.4 Å². The zero-order chi connectivity index (χ0) is 17.6. The van der Waals surface area contributed by atoms with Gasteiger partial charge in [-0.3, -0.25) is 0 Å². The molecule has 0 N–H and O–H groups in total. The molecule has 4 aromatic rings. The van der Waals surface area contributed by atoms with Crippen LogP contribution in [0.15, 0.2) is 72.8 Å². The van der Waals surface area contributed by atoms with Crippen molar-refractivity contribution >= 4 is 60.4 Å². The molecule has 120 valence electrons. The van der Waals surface area contributed by atoms with Gasteiger partial charge >= 0.3 is 0 Å². The highest BCUT2D eigenvalue weighted by Gasteiger charge is 2.22. The van der Waals surface area contributed by atoms with E-state index in [0.717, 1.165) is 0 Å². The van der Waals surface area contributed by atoms with Crippen LogP contribution in [-0.2, 0) is 4.28 Å². The van der Waals surface area contributed by atoms with Gasteiger partial charge in [0.25, 0.3) is 0 Å². The summed E-state index contributed by atoms with van der Waals surface area (Å²) >= 11 is 5.45. The molecule has 0 aliphatic heterocycles. The van der Waals surface area contributed by atoms with E-state index in [9.17, 15) is 0 Å². The highest BCUT2D eigenvalue weighted by atomic mass is 127. The summed E-state index contributed by atoms with van der Waals surface area (Å²) in [7, 11) is 0. The fraction of sp³-hybridized carbons (Fsp3) is 0.130. The van der Waals surface area contributed by atoms with E-state index in [0.29, 0.717) is 0 Å². The van der Waals surface area contributed by atoms with E-state index in [-0.39, 0.29) is 4.28 Å². The van der Waals surface area contributed by atoms with Crippen LogP contribution >= 0.6 is 22.6 Å². The molecule has 0 aliphatic rings. The molecule has 25 heavy (non-hydrogen) atoms. The summed E-state index contributed by atoms with van der Waals surface area (Å²) in [5.74, 6) is 0. The standard InChI is InChI=1S/C23H18I.Al/c1-15(2)22-18-10-6-7-11-19(18)23(16-8-4-3-5-9-16)21-14-17(24)12-13-20(21)22;/h3-14H,1-2H3;. The van der Waals surface area contributed by atoms with Crippen LogP contribution in [0.4, 0.5) is 0 Å². The Morgan fingerprint density at radius 1 is 0.720 bits per heavy atom. The molecule has 2 radical (unpaired) electrons. The molecule has 0 atom stereocenters. The Morgan fingerprint density at radius 3 is 2.00 bits per heavy atom. The Morgan fingerprint density at radius 2 is 1.32 bits per heavy atom. The van der Waals surface area contributed by atoms with E-state index < -0.39 is 0 Å². The second-order valence-electron chi connectivity index (χ2n) is 7.07. The second-order valence-corrected chi connectivity index (χ2v) is 9.76. The van der Waals surface area contributed by atoms with E-state index >= 15 is 0 Å². The molecule has 4 rings (SSSR count). The van der Waals surface area contributed by atoms with Crippen molar-refractivity contribution in [3.63, 3.8) is 0 Å². The minimum absolute atomic E-state index is 0.000138. The predicted molar refractivity (Wildman–Crippen MR) is 118 cm³/mol. The summed E-state index contributed by atoms with van der Waals surface area (Å²) < 4.78 is 1.27. The third-order valence-corrected chi connectivity index (χ3v) is 5.65. The van der Waals surface area contributed by atoms with Crippen molar-refractivity contribution in [1.29, 1.82) is 0 Å². The molecule has 0 amide bonds. The molecule has 0 nitrogen and oxygen atoms in total. The number of hydrogen-bond donors (Lipinski definition) is 0. The number of rotatable bonds is 2. The summed E-state index contributed by atoms with van der Waals surface area (Å²) in [5, 5.41) is 5.35. The molecule has 0 heterocycles. The SMILES string of the molecule is C[C](C)([Al])c1c2ccccc2c(-c2ccccc2)c2cc(I)ccc12. The van der Waals surface area contributed by atoms with Gasteiger partial charge in [-0.15, -0.1) is 0 Å². The van der Waals surface area contributed by atoms with Gasteiger partial charge in [-0.1, -0.05) is 78.8 Å². The largest absolute Gasteiger partial charge is 0.136 e. The smallest absolute Gasteiger partial charge is 0.0776 e. The Labute approximate surface area is 170 Å². The highest BCUT2D eigenvalue weighted by molar-refractivity contribution is 14.1. The van der Waals surface area contributed by atoms with Gasteiger partial charge in [0.2, 0.25) is 0 Å². The van der Waals surface area contributed by atoms with Crippen molar-refractivity contribution in [1.82, 2.24) is 0 Å². The average molecular weight is 448 g/mol. The van der Waals surface area contributed by atoms with Crippen LogP contribution in [0.25, 0.3) is 32.7 Å². The lowest BCUT2D eigenvalue weighted by molar-refractivity contribution is 0.780. The summed E-state index contributed by atoms with van der Waals surface area (Å²) in [6.07, 6.45) is 0. The van der Waals surface area contributed by atoms with E-state index in [1.54, 1.807) is 0 Å². The highest BCUT2D eigenvalue weighted by Crippen LogP contribution is 2.43. The van der Waals surface area contributed by atoms with Gasteiger partial charge in [0, 0.05) is 3.57 Å². The lowest BCUT2D eigenvalue weighted by Crippen LogP contribution is -2.18. The summed E-state index contributed by atoms with van der Waals surface area (Å²) in [6, 6.07) is 26.4. The van der Waals surface area contributed by atoms with Crippen LogP contribution in [0, 0.1) is 3.57 Å². The molecule has 2 heteroatoms. The first-order valence-corrected chi connectivity index (χ1v) is 10.1. The average Bonchev–Trinajstić information content (AvgIpc) is 2.59. The van der Waals surface area contributed by atoms with E-state index in [1.165, 1.54) is 41.8 Å². The van der Waals surface area contributed by atoms with Gasteiger partial charge in [0.1, 0.15) is 16.3 Å². The van der Waals surface area contributed by atoms with Crippen LogP contribution in [0.5, 0.6) is 0 Å². The molecular formula is C23H18AlI. The summed E-state index contributed by atoms with van der Waals surface area (Å²) in [6.45, 7) is 4.55. The molecule has 0 aliphatic carbocycles. The molecule has 0 unspecified atom stereocenters. The van der Waals surface area contributed by atoms with Gasteiger partial charge in [-0.05, 0) is 73.0 Å². The molecule has 0 saturated heterocycles. The monoisotopic (exact) mass is 448 g/mol. The van der Waals surface area contributed by atoms with Crippen molar-refractivity contribution < 1.29 is 0 Å². The Hall–Kier alpha value is -1.34. The minimum atomic E-state index is -0.000138. The van der Waals surface area contributed by atoms with E-state index in [2.05, 4.69) is 126 Å². The number of hydrogen-bond acceptors (Lipinski definition) is 0. The van der Waals surface area contributed by atoms with Gasteiger partial charge in [0.05, 0.1) is 0 Å². The third kappa shape index (κ3) is 3.01. The number of fused-ring (bicyclic) bond motifs is 2. The molecule has 0 spiro atoms. The van der Waals surface area contributed by atoms with Crippen molar-refractivity contribution in [2.24, 2.45) is 0 Å². The molecular weight excluding hydrogens is 430 g/mol. The van der Waals surface area contributed by atoms with Crippen molar-refractivity contribution in [3.05, 3.63) is 81.9 Å². The molecule has 0 aromatic heterocycles. The molecule has 0 saturated carbocycles.